The van der Waals surface area contributed by atoms with Gasteiger partial charge in [0.2, 0.25) is 5.90 Å². The normalized spacial score (nSPS) is 14.2. The maximum Gasteiger partial charge on any atom is 0.363 e. The fourth-order valence-electron chi connectivity index (χ4n) is 3.11. The van der Waals surface area contributed by atoms with Gasteiger partial charge < -0.3 is 14.2 Å². The second-order valence-electron chi connectivity index (χ2n) is 7.02. The highest BCUT2D eigenvalue weighted by atomic mass is 127. The number of carbonyl (C=O) groups excluding carboxylic acids is 1. The lowest BCUT2D eigenvalue weighted by Crippen LogP contribution is -2.05. The van der Waals surface area contributed by atoms with Gasteiger partial charge in [-0.2, -0.15) is 0 Å². The summed E-state index contributed by atoms with van der Waals surface area (Å²) in [6, 6.07) is 19.4. The molecule has 1 heterocycles. The van der Waals surface area contributed by atoms with E-state index in [1.54, 1.807) is 6.08 Å². The van der Waals surface area contributed by atoms with Crippen molar-refractivity contribution in [3.8, 4) is 11.5 Å². The van der Waals surface area contributed by atoms with Crippen LogP contribution in [0.25, 0.3) is 6.08 Å². The van der Waals surface area contributed by atoms with Crippen LogP contribution in [-0.2, 0) is 16.1 Å². The standard InChI is InChI=1S/C25H18BrI2NO4/c1-2-31-23-12-15(6-9-22(23)32-14-16-4-3-5-18(27)10-16)11-21-25(30)33-24(29-21)17-7-8-20(28)19(26)13-17/h3-13H,2,14H2,1H3/b21-11-. The smallest absolute Gasteiger partial charge is 0.363 e. The van der Waals surface area contributed by atoms with Crippen LogP contribution in [-0.4, -0.2) is 18.5 Å². The summed E-state index contributed by atoms with van der Waals surface area (Å²) in [7, 11) is 0. The molecule has 33 heavy (non-hydrogen) atoms. The Kier molecular flexibility index (Phi) is 8.07. The molecule has 1 aliphatic heterocycles. The van der Waals surface area contributed by atoms with Gasteiger partial charge in [-0.1, -0.05) is 18.2 Å². The fraction of sp³-hybridized carbons (Fsp3) is 0.120. The Morgan fingerprint density at radius 3 is 2.64 bits per heavy atom. The van der Waals surface area contributed by atoms with Crippen LogP contribution in [0, 0.1) is 7.14 Å². The highest BCUT2D eigenvalue weighted by Crippen LogP contribution is 2.31. The van der Waals surface area contributed by atoms with Gasteiger partial charge in [0.1, 0.15) is 6.61 Å². The highest BCUT2D eigenvalue weighted by Gasteiger charge is 2.24. The predicted molar refractivity (Wildman–Crippen MR) is 149 cm³/mol. The van der Waals surface area contributed by atoms with Crippen molar-refractivity contribution in [2.75, 3.05) is 6.61 Å². The molecule has 0 bridgehead atoms. The van der Waals surface area contributed by atoms with Gasteiger partial charge in [0.15, 0.2) is 17.2 Å². The summed E-state index contributed by atoms with van der Waals surface area (Å²) in [5.41, 5.74) is 2.80. The molecule has 5 nitrogen and oxygen atoms in total. The van der Waals surface area contributed by atoms with Crippen LogP contribution in [0.3, 0.4) is 0 Å². The van der Waals surface area contributed by atoms with Gasteiger partial charge in [0, 0.05) is 17.2 Å². The van der Waals surface area contributed by atoms with Gasteiger partial charge in [-0.15, -0.1) is 0 Å². The Morgan fingerprint density at radius 1 is 1.03 bits per heavy atom. The van der Waals surface area contributed by atoms with Crippen molar-refractivity contribution in [1.29, 1.82) is 0 Å². The van der Waals surface area contributed by atoms with Crippen LogP contribution in [0.15, 0.2) is 75.8 Å². The van der Waals surface area contributed by atoms with E-state index < -0.39 is 5.97 Å². The van der Waals surface area contributed by atoms with Crippen LogP contribution in [0.1, 0.15) is 23.6 Å². The minimum atomic E-state index is -0.489. The van der Waals surface area contributed by atoms with Gasteiger partial charge in [-0.05, 0) is 128 Å². The lowest BCUT2D eigenvalue weighted by molar-refractivity contribution is -0.129. The lowest BCUT2D eigenvalue weighted by atomic mass is 10.1. The Hall–Kier alpha value is -1.92. The van der Waals surface area contributed by atoms with E-state index in [4.69, 9.17) is 14.2 Å². The first-order valence-electron chi connectivity index (χ1n) is 10.0. The number of carbonyl (C=O) groups is 1. The molecule has 0 unspecified atom stereocenters. The number of hydrogen-bond acceptors (Lipinski definition) is 5. The summed E-state index contributed by atoms with van der Waals surface area (Å²) in [5, 5.41) is 0. The van der Waals surface area contributed by atoms with Crippen molar-refractivity contribution in [2.24, 2.45) is 4.99 Å². The molecule has 4 rings (SSSR count). The number of halogens is 3. The first-order valence-corrected chi connectivity index (χ1v) is 13.0. The highest BCUT2D eigenvalue weighted by molar-refractivity contribution is 14.1. The molecular formula is C25H18BrI2NO4. The molecule has 3 aromatic carbocycles. The molecule has 0 radical (unpaired) electrons. The number of esters is 1. The molecule has 168 valence electrons. The second kappa shape index (κ2) is 11.0. The molecule has 1 aliphatic rings. The minimum Gasteiger partial charge on any atom is -0.490 e. The molecule has 3 aromatic rings. The number of hydrogen-bond donors (Lipinski definition) is 0. The summed E-state index contributed by atoms with van der Waals surface area (Å²) in [5.74, 6) is 1.04. The van der Waals surface area contributed by atoms with E-state index >= 15 is 0 Å². The first kappa shape index (κ1) is 24.2. The van der Waals surface area contributed by atoms with Gasteiger partial charge in [-0.3, -0.25) is 0 Å². The average molecular weight is 730 g/mol. The van der Waals surface area contributed by atoms with E-state index in [1.165, 1.54) is 0 Å². The molecule has 0 aliphatic carbocycles. The maximum absolute atomic E-state index is 12.4. The van der Waals surface area contributed by atoms with Gasteiger partial charge in [0.25, 0.3) is 0 Å². The van der Waals surface area contributed by atoms with Crippen LogP contribution < -0.4 is 9.47 Å². The molecule has 0 amide bonds. The third-order valence-corrected chi connectivity index (χ3v) is 7.65. The fourth-order valence-corrected chi connectivity index (χ4v) is 4.43. The molecule has 0 N–H and O–H groups in total. The number of rotatable bonds is 7. The summed E-state index contributed by atoms with van der Waals surface area (Å²) < 4.78 is 20.3. The van der Waals surface area contributed by atoms with Gasteiger partial charge in [0.05, 0.1) is 6.61 Å². The van der Waals surface area contributed by atoms with Crippen molar-refractivity contribution >= 4 is 79.1 Å². The largest absolute Gasteiger partial charge is 0.490 e. The monoisotopic (exact) mass is 729 g/mol. The Morgan fingerprint density at radius 2 is 1.88 bits per heavy atom. The zero-order valence-corrected chi connectivity index (χ0v) is 23.4. The van der Waals surface area contributed by atoms with E-state index in [0.29, 0.717) is 24.7 Å². The molecule has 0 saturated heterocycles. The summed E-state index contributed by atoms with van der Waals surface area (Å²) >= 11 is 7.99. The Bertz CT molecular complexity index is 1270. The summed E-state index contributed by atoms with van der Waals surface area (Å²) in [6.45, 7) is 2.84. The van der Waals surface area contributed by atoms with Crippen molar-refractivity contribution in [3.05, 3.63) is 94.7 Å². The number of aliphatic imine (C=N–C) groups is 1. The average Bonchev–Trinajstić information content (AvgIpc) is 3.15. The third kappa shape index (κ3) is 6.15. The van der Waals surface area contributed by atoms with Crippen molar-refractivity contribution in [3.63, 3.8) is 0 Å². The first-order chi connectivity index (χ1) is 15.9. The van der Waals surface area contributed by atoms with Crippen molar-refractivity contribution in [2.45, 2.75) is 13.5 Å². The zero-order chi connectivity index (χ0) is 23.4. The number of cyclic esters (lactones) is 1. The lowest BCUT2D eigenvalue weighted by Gasteiger charge is -2.13. The van der Waals surface area contributed by atoms with Crippen LogP contribution in [0.5, 0.6) is 11.5 Å². The van der Waals surface area contributed by atoms with Crippen molar-refractivity contribution < 1.29 is 19.0 Å². The number of benzene rings is 3. The van der Waals surface area contributed by atoms with E-state index in [2.05, 4.69) is 72.2 Å². The molecule has 0 fully saturated rings. The molecule has 0 atom stereocenters. The molecule has 0 aromatic heterocycles. The van der Waals surface area contributed by atoms with Crippen LogP contribution >= 0.6 is 61.1 Å². The van der Waals surface area contributed by atoms with Crippen LogP contribution in [0.2, 0.25) is 0 Å². The molecular weight excluding hydrogens is 712 g/mol. The minimum absolute atomic E-state index is 0.231. The van der Waals surface area contributed by atoms with Gasteiger partial charge in [-0.25, -0.2) is 9.79 Å². The maximum atomic E-state index is 12.4. The quantitative estimate of drug-likeness (QED) is 0.150. The zero-order valence-electron chi connectivity index (χ0n) is 17.5. The van der Waals surface area contributed by atoms with Gasteiger partial charge >= 0.3 is 5.97 Å². The van der Waals surface area contributed by atoms with Crippen LogP contribution in [0.4, 0.5) is 0 Å². The van der Waals surface area contributed by atoms with E-state index in [-0.39, 0.29) is 11.6 Å². The third-order valence-electron chi connectivity index (χ3n) is 4.64. The topological polar surface area (TPSA) is 57.1 Å². The summed E-state index contributed by atoms with van der Waals surface area (Å²) in [6.07, 6.45) is 1.68. The Labute approximate surface area is 227 Å². The van der Waals surface area contributed by atoms with E-state index in [1.807, 2.05) is 61.5 Å². The number of nitrogens with zero attached hydrogens (tertiary/aromatic N) is 1. The Balaban J connectivity index is 1.56. The molecule has 0 spiro atoms. The second-order valence-corrected chi connectivity index (χ2v) is 10.3. The van der Waals surface area contributed by atoms with E-state index in [9.17, 15) is 4.79 Å². The molecule has 8 heteroatoms. The summed E-state index contributed by atoms with van der Waals surface area (Å²) in [4.78, 5) is 16.8. The number of ether oxygens (including phenoxy) is 3. The SMILES string of the molecule is CCOc1cc(/C=C2\N=C(c3ccc(I)c(Br)c3)OC2=O)ccc1OCc1cccc(I)c1. The predicted octanol–water partition coefficient (Wildman–Crippen LogP) is 6.98. The molecule has 0 saturated carbocycles. The van der Waals surface area contributed by atoms with Crippen molar-refractivity contribution in [1.82, 2.24) is 0 Å². The van der Waals surface area contributed by atoms with E-state index in [0.717, 1.165) is 28.3 Å².